The minimum Gasteiger partial charge on any atom is -0.854 e. The summed E-state index contributed by atoms with van der Waals surface area (Å²) >= 11 is 0. The molecule has 64 valence electrons. The Morgan fingerprint density at radius 1 is 1.36 bits per heavy atom. The summed E-state index contributed by atoms with van der Waals surface area (Å²) in [5.74, 6) is 0. The first kappa shape index (κ1) is 17.8. The average molecular weight is 194 g/mol. The Hall–Kier alpha value is 0.830. The fourth-order valence-electron chi connectivity index (χ4n) is 0.144. The standard InChI is InChI=1S/C4H9O.Na.H2O4S/c1-2-3-4-5;;1-5(2,3)4/h2-4H2,1H3;;(H2,1,2,3,4)/q-1;+1;. The fourth-order valence-corrected chi connectivity index (χ4v) is 0.144. The normalized spacial score (nSPS) is 9.09. The van der Waals surface area contributed by atoms with Gasteiger partial charge in [-0.25, -0.2) is 0 Å². The van der Waals surface area contributed by atoms with Crippen molar-refractivity contribution >= 4 is 10.4 Å². The van der Waals surface area contributed by atoms with E-state index >= 15 is 0 Å². The van der Waals surface area contributed by atoms with Crippen LogP contribution in [0.4, 0.5) is 0 Å². The third kappa shape index (κ3) is 105. The first-order chi connectivity index (χ1) is 4.41. The van der Waals surface area contributed by atoms with Gasteiger partial charge in [0.1, 0.15) is 0 Å². The number of unbranched alkanes of at least 4 members (excludes halogenated alkanes) is 1. The molecule has 0 aromatic carbocycles. The number of rotatable bonds is 2. The van der Waals surface area contributed by atoms with E-state index in [2.05, 4.69) is 0 Å². The molecule has 0 aliphatic rings. The van der Waals surface area contributed by atoms with Gasteiger partial charge < -0.3 is 5.11 Å². The topological polar surface area (TPSA) is 97.7 Å². The van der Waals surface area contributed by atoms with Crippen LogP contribution < -0.4 is 34.7 Å². The average Bonchev–Trinajstić information content (AvgIpc) is 1.63. The molecule has 2 N–H and O–H groups in total. The van der Waals surface area contributed by atoms with Crippen molar-refractivity contribution in [2.24, 2.45) is 0 Å². The van der Waals surface area contributed by atoms with Crippen molar-refractivity contribution in [2.45, 2.75) is 19.8 Å². The predicted octanol–water partition coefficient (Wildman–Crippen LogP) is -3.50. The zero-order valence-corrected chi connectivity index (χ0v) is 9.47. The largest absolute Gasteiger partial charge is 1.00 e. The second kappa shape index (κ2) is 10.8. The van der Waals surface area contributed by atoms with Crippen molar-refractivity contribution in [1.82, 2.24) is 0 Å². The number of hydrogen-bond donors (Lipinski definition) is 2. The summed E-state index contributed by atoms with van der Waals surface area (Å²) in [6, 6.07) is 0. The molecule has 0 aromatic rings. The maximum Gasteiger partial charge on any atom is 1.00 e. The minimum atomic E-state index is -4.67. The Kier molecular flexibility index (Phi) is 17.5. The zero-order valence-electron chi connectivity index (χ0n) is 6.65. The molecular weight excluding hydrogens is 183 g/mol. The van der Waals surface area contributed by atoms with Crippen molar-refractivity contribution in [3.8, 4) is 0 Å². The maximum atomic E-state index is 9.53. The molecule has 0 unspecified atom stereocenters. The Morgan fingerprint density at radius 2 is 1.64 bits per heavy atom. The first-order valence-corrected chi connectivity index (χ1v) is 4.09. The Morgan fingerprint density at radius 3 is 1.64 bits per heavy atom. The van der Waals surface area contributed by atoms with Gasteiger partial charge >= 0.3 is 40.0 Å². The summed E-state index contributed by atoms with van der Waals surface area (Å²) in [5.41, 5.74) is 0. The molecule has 0 bridgehead atoms. The molecule has 11 heavy (non-hydrogen) atoms. The van der Waals surface area contributed by atoms with E-state index in [4.69, 9.17) is 17.5 Å². The molecule has 0 aliphatic carbocycles. The van der Waals surface area contributed by atoms with E-state index in [1.165, 1.54) is 0 Å². The Balaban J connectivity index is -0.000000107. The van der Waals surface area contributed by atoms with Gasteiger partial charge in [-0.1, -0.05) is 19.8 Å². The van der Waals surface area contributed by atoms with Gasteiger partial charge in [-0.2, -0.15) is 8.42 Å². The minimum absolute atomic E-state index is 0. The van der Waals surface area contributed by atoms with Gasteiger partial charge in [-0.15, -0.1) is 6.61 Å². The Labute approximate surface area is 88.7 Å². The molecule has 0 aliphatic heterocycles. The van der Waals surface area contributed by atoms with Gasteiger partial charge in [0.25, 0.3) is 0 Å². The third-order valence-corrected chi connectivity index (χ3v) is 0.498. The summed E-state index contributed by atoms with van der Waals surface area (Å²) in [4.78, 5) is 0. The van der Waals surface area contributed by atoms with E-state index < -0.39 is 10.4 Å². The second-order valence-corrected chi connectivity index (χ2v) is 2.40. The van der Waals surface area contributed by atoms with Crippen LogP contribution in [0.5, 0.6) is 0 Å². The third-order valence-electron chi connectivity index (χ3n) is 0.498. The molecule has 0 heterocycles. The van der Waals surface area contributed by atoms with Crippen LogP contribution in [0, 0.1) is 0 Å². The van der Waals surface area contributed by atoms with Gasteiger partial charge in [-0.05, 0) is 0 Å². The van der Waals surface area contributed by atoms with Crippen molar-refractivity contribution in [2.75, 3.05) is 6.61 Å². The van der Waals surface area contributed by atoms with Crippen LogP contribution in [-0.4, -0.2) is 24.1 Å². The zero-order chi connectivity index (χ0) is 8.62. The first-order valence-electron chi connectivity index (χ1n) is 2.69. The van der Waals surface area contributed by atoms with E-state index in [9.17, 15) is 5.11 Å². The van der Waals surface area contributed by atoms with Crippen LogP contribution in [0.25, 0.3) is 0 Å². The van der Waals surface area contributed by atoms with Gasteiger partial charge in [0.15, 0.2) is 0 Å². The summed E-state index contributed by atoms with van der Waals surface area (Å²) in [6.45, 7) is 2.11. The van der Waals surface area contributed by atoms with Gasteiger partial charge in [0.05, 0.1) is 0 Å². The molecule has 0 aromatic heterocycles. The molecule has 0 amide bonds. The van der Waals surface area contributed by atoms with E-state index in [1.54, 1.807) is 0 Å². The van der Waals surface area contributed by atoms with Crippen molar-refractivity contribution < 1.29 is 52.2 Å². The van der Waals surface area contributed by atoms with E-state index in [1.807, 2.05) is 6.92 Å². The monoisotopic (exact) mass is 194 g/mol. The number of hydrogen-bond acceptors (Lipinski definition) is 3. The molecule has 7 heteroatoms. The molecule has 5 nitrogen and oxygen atoms in total. The van der Waals surface area contributed by atoms with Crippen molar-refractivity contribution in [1.29, 1.82) is 0 Å². The molecule has 0 saturated heterocycles. The summed E-state index contributed by atoms with van der Waals surface area (Å²) in [6.07, 6.45) is 1.86. The Bertz CT molecular complexity index is 133. The van der Waals surface area contributed by atoms with E-state index in [0.29, 0.717) is 0 Å². The summed E-state index contributed by atoms with van der Waals surface area (Å²) in [7, 11) is -4.67. The molecule has 0 spiro atoms. The van der Waals surface area contributed by atoms with Gasteiger partial charge in [-0.3, -0.25) is 9.11 Å². The quantitative estimate of drug-likeness (QED) is 0.351. The van der Waals surface area contributed by atoms with Crippen LogP contribution in [0.3, 0.4) is 0 Å². The van der Waals surface area contributed by atoms with Crippen LogP contribution in [0.1, 0.15) is 19.8 Å². The van der Waals surface area contributed by atoms with E-state index in [-0.39, 0.29) is 36.2 Å². The molecule has 0 atom stereocenters. The van der Waals surface area contributed by atoms with Crippen LogP contribution in [-0.2, 0) is 10.4 Å². The smallest absolute Gasteiger partial charge is 0.854 e. The van der Waals surface area contributed by atoms with E-state index in [0.717, 1.165) is 12.8 Å². The second-order valence-electron chi connectivity index (χ2n) is 1.51. The molecule has 0 saturated carbocycles. The predicted molar refractivity (Wildman–Crippen MR) is 34.0 cm³/mol. The SMILES string of the molecule is CCCC[O-].O=S(=O)(O)O.[Na+]. The molecule has 0 fully saturated rings. The van der Waals surface area contributed by atoms with Crippen LogP contribution in [0.2, 0.25) is 0 Å². The van der Waals surface area contributed by atoms with Crippen LogP contribution >= 0.6 is 0 Å². The van der Waals surface area contributed by atoms with Gasteiger partial charge in [0, 0.05) is 0 Å². The summed E-state index contributed by atoms with van der Waals surface area (Å²) in [5, 5.41) is 9.53. The van der Waals surface area contributed by atoms with Crippen molar-refractivity contribution in [3.05, 3.63) is 0 Å². The fraction of sp³-hybridized carbons (Fsp3) is 1.00. The van der Waals surface area contributed by atoms with Crippen LogP contribution in [0.15, 0.2) is 0 Å². The maximum absolute atomic E-state index is 9.53. The van der Waals surface area contributed by atoms with Gasteiger partial charge in [0.2, 0.25) is 0 Å². The molecule has 0 radical (unpaired) electrons. The summed E-state index contributed by atoms with van der Waals surface area (Å²) < 4.78 is 31.6. The van der Waals surface area contributed by atoms with Crippen molar-refractivity contribution in [3.63, 3.8) is 0 Å². The molecular formula is C4H11NaO5S. The molecule has 0 rings (SSSR count).